The molecule has 5 aromatic rings. The minimum Gasteiger partial charge on any atom is -0.462 e. The lowest BCUT2D eigenvalue weighted by atomic mass is 10.2. The van der Waals surface area contributed by atoms with Crippen LogP contribution in [0, 0.1) is 6.92 Å². The number of aryl methyl sites for hydroxylation is 1. The second-order valence-corrected chi connectivity index (χ2v) is 7.36. The van der Waals surface area contributed by atoms with Crippen molar-refractivity contribution in [3.8, 4) is 16.6 Å². The van der Waals surface area contributed by atoms with Gasteiger partial charge >= 0.3 is 5.84 Å². The van der Waals surface area contributed by atoms with E-state index in [2.05, 4.69) is 15.1 Å². The number of aromatic nitrogens is 4. The van der Waals surface area contributed by atoms with E-state index in [-0.39, 0.29) is 6.61 Å². The molecule has 0 fully saturated rings. The van der Waals surface area contributed by atoms with Gasteiger partial charge in [0.2, 0.25) is 0 Å². The predicted molar refractivity (Wildman–Crippen MR) is 104 cm³/mol. The van der Waals surface area contributed by atoms with E-state index in [1.165, 1.54) is 11.3 Å². The highest BCUT2D eigenvalue weighted by Crippen LogP contribution is 2.29. The molecule has 27 heavy (non-hydrogen) atoms. The third-order valence-electron chi connectivity index (χ3n) is 4.23. The maximum atomic E-state index is 6.23. The summed E-state index contributed by atoms with van der Waals surface area (Å²) in [5.41, 5.74) is 2.52. The van der Waals surface area contributed by atoms with E-state index in [0.29, 0.717) is 27.6 Å². The molecule has 8 heteroatoms. The molecule has 0 saturated carbocycles. The average molecular weight is 397 g/mol. The molecule has 3 heterocycles. The van der Waals surface area contributed by atoms with Crippen molar-refractivity contribution in [1.82, 2.24) is 19.6 Å². The van der Waals surface area contributed by atoms with Gasteiger partial charge in [-0.2, -0.15) is 9.50 Å². The Bertz CT molecular complexity index is 1240. The van der Waals surface area contributed by atoms with Crippen molar-refractivity contribution in [2.45, 2.75) is 13.5 Å². The van der Waals surface area contributed by atoms with E-state index < -0.39 is 0 Å². The molecule has 6 nitrogen and oxygen atoms in total. The van der Waals surface area contributed by atoms with Gasteiger partial charge in [0.05, 0.1) is 20.9 Å². The molecular weight excluding hydrogens is 384 g/mol. The lowest BCUT2D eigenvalue weighted by molar-refractivity contribution is 0.272. The van der Waals surface area contributed by atoms with Crippen LogP contribution in [-0.2, 0) is 6.61 Å². The van der Waals surface area contributed by atoms with Crippen LogP contribution < -0.4 is 4.74 Å². The first-order valence-corrected chi connectivity index (χ1v) is 9.47. The molecule has 2 aromatic carbocycles. The van der Waals surface area contributed by atoms with Crippen LogP contribution in [0.4, 0.5) is 0 Å². The number of halogens is 1. The molecule has 0 atom stereocenters. The first-order chi connectivity index (χ1) is 13.2. The Morgan fingerprint density at radius 1 is 1.11 bits per heavy atom. The monoisotopic (exact) mass is 396 g/mol. The van der Waals surface area contributed by atoms with Crippen LogP contribution in [0.1, 0.15) is 11.5 Å². The number of nitrogens with zero attached hydrogens (tertiary/aromatic N) is 4. The summed E-state index contributed by atoms with van der Waals surface area (Å²) < 4.78 is 14.4. The molecule has 0 aliphatic carbocycles. The van der Waals surface area contributed by atoms with E-state index >= 15 is 0 Å². The summed E-state index contributed by atoms with van der Waals surface area (Å²) in [6.07, 6.45) is 0. The number of para-hydroxylation sites is 1. The number of hydrogen-bond acceptors (Lipinski definition) is 6. The van der Waals surface area contributed by atoms with Crippen LogP contribution in [-0.4, -0.2) is 19.6 Å². The SMILES string of the molecule is Cc1c(COc2nc3ccccc3s2)oc2nc(-c3ccccc3Cl)nn12. The summed E-state index contributed by atoms with van der Waals surface area (Å²) in [6.45, 7) is 2.18. The van der Waals surface area contributed by atoms with Crippen molar-refractivity contribution >= 4 is 39.0 Å². The third kappa shape index (κ3) is 2.85. The summed E-state index contributed by atoms with van der Waals surface area (Å²) in [6, 6.07) is 15.4. The molecule has 3 aromatic heterocycles. The van der Waals surface area contributed by atoms with Gasteiger partial charge in [0.1, 0.15) is 0 Å². The third-order valence-corrected chi connectivity index (χ3v) is 5.51. The zero-order valence-corrected chi connectivity index (χ0v) is 15.8. The second-order valence-electron chi connectivity index (χ2n) is 5.96. The number of thiazole rings is 1. The topological polar surface area (TPSA) is 65.5 Å². The number of ether oxygens (including phenoxy) is 1. The lowest BCUT2D eigenvalue weighted by Gasteiger charge is -2.00. The summed E-state index contributed by atoms with van der Waals surface area (Å²) in [4.78, 5) is 8.91. The van der Waals surface area contributed by atoms with Crippen LogP contribution in [0.25, 0.3) is 27.4 Å². The number of fused-ring (bicyclic) bond motifs is 2. The van der Waals surface area contributed by atoms with Crippen molar-refractivity contribution in [3.63, 3.8) is 0 Å². The van der Waals surface area contributed by atoms with E-state index in [1.54, 1.807) is 4.52 Å². The number of benzene rings is 2. The minimum absolute atomic E-state index is 0.262. The molecule has 0 radical (unpaired) electrons. The molecule has 0 aliphatic rings. The first kappa shape index (κ1) is 16.3. The van der Waals surface area contributed by atoms with Gasteiger partial charge in [-0.1, -0.05) is 47.2 Å². The molecule has 0 amide bonds. The Hall–Kier alpha value is -2.90. The van der Waals surface area contributed by atoms with Crippen LogP contribution in [0.5, 0.6) is 5.19 Å². The van der Waals surface area contributed by atoms with Crippen molar-refractivity contribution in [2.75, 3.05) is 0 Å². The predicted octanol–water partition coefficient (Wildman–Crippen LogP) is 5.14. The highest BCUT2D eigenvalue weighted by atomic mass is 35.5. The lowest BCUT2D eigenvalue weighted by Crippen LogP contribution is -1.97. The maximum Gasteiger partial charge on any atom is 0.325 e. The largest absolute Gasteiger partial charge is 0.462 e. The Kier molecular flexibility index (Phi) is 3.84. The fourth-order valence-electron chi connectivity index (χ4n) is 2.82. The van der Waals surface area contributed by atoms with Gasteiger partial charge in [0, 0.05) is 5.56 Å². The van der Waals surface area contributed by atoms with Crippen LogP contribution in [0.2, 0.25) is 5.02 Å². The number of oxazole rings is 1. The summed E-state index contributed by atoms with van der Waals surface area (Å²) >= 11 is 7.73. The van der Waals surface area contributed by atoms with Gasteiger partial charge in [-0.05, 0) is 31.2 Å². The standard InChI is InChI=1S/C19H13ClN4O2S/c1-11-15(10-25-19-21-14-8-4-5-9-16(14)27-19)26-18-22-17(23-24(11)18)12-6-2-3-7-13(12)20/h2-9H,10H2,1H3. The van der Waals surface area contributed by atoms with E-state index in [0.717, 1.165) is 21.5 Å². The Balaban J connectivity index is 1.42. The quantitative estimate of drug-likeness (QED) is 0.421. The van der Waals surface area contributed by atoms with Gasteiger partial charge in [-0.15, -0.1) is 5.10 Å². The van der Waals surface area contributed by atoms with E-state index in [9.17, 15) is 0 Å². The number of hydrogen-bond donors (Lipinski definition) is 0. The Labute approximate surface area is 163 Å². The maximum absolute atomic E-state index is 6.23. The summed E-state index contributed by atoms with van der Waals surface area (Å²) in [5, 5.41) is 5.72. The van der Waals surface area contributed by atoms with Crippen LogP contribution in [0.3, 0.4) is 0 Å². The number of rotatable bonds is 4. The molecule has 0 bridgehead atoms. The summed E-state index contributed by atoms with van der Waals surface area (Å²) in [5.74, 6) is 1.60. The van der Waals surface area contributed by atoms with Gasteiger partial charge in [-0.3, -0.25) is 0 Å². The fourth-order valence-corrected chi connectivity index (χ4v) is 3.85. The zero-order chi connectivity index (χ0) is 18.4. The van der Waals surface area contributed by atoms with Crippen molar-refractivity contribution in [3.05, 3.63) is 65.0 Å². The molecule has 0 aliphatic heterocycles. The fraction of sp³-hybridized carbons (Fsp3) is 0.105. The zero-order valence-electron chi connectivity index (χ0n) is 14.2. The smallest absolute Gasteiger partial charge is 0.325 e. The Morgan fingerprint density at radius 3 is 2.74 bits per heavy atom. The normalized spacial score (nSPS) is 11.5. The van der Waals surface area contributed by atoms with E-state index in [1.807, 2.05) is 55.5 Å². The second kappa shape index (κ2) is 6.37. The van der Waals surface area contributed by atoms with Crippen molar-refractivity contribution in [2.24, 2.45) is 0 Å². The van der Waals surface area contributed by atoms with Crippen LogP contribution >= 0.6 is 22.9 Å². The Morgan fingerprint density at radius 2 is 1.93 bits per heavy atom. The molecule has 0 unspecified atom stereocenters. The first-order valence-electron chi connectivity index (χ1n) is 8.27. The minimum atomic E-state index is 0.262. The molecule has 0 N–H and O–H groups in total. The highest BCUT2D eigenvalue weighted by molar-refractivity contribution is 7.20. The summed E-state index contributed by atoms with van der Waals surface area (Å²) in [7, 11) is 0. The van der Waals surface area contributed by atoms with Crippen molar-refractivity contribution < 1.29 is 9.15 Å². The van der Waals surface area contributed by atoms with Gasteiger partial charge < -0.3 is 9.15 Å². The van der Waals surface area contributed by atoms with Gasteiger partial charge in [-0.25, -0.2) is 4.98 Å². The molecular formula is C19H13ClN4O2S. The molecule has 5 rings (SSSR count). The van der Waals surface area contributed by atoms with E-state index in [4.69, 9.17) is 20.8 Å². The molecule has 134 valence electrons. The van der Waals surface area contributed by atoms with Crippen LogP contribution in [0.15, 0.2) is 52.9 Å². The average Bonchev–Trinajstić information content (AvgIpc) is 3.34. The highest BCUT2D eigenvalue weighted by Gasteiger charge is 2.18. The molecule has 0 saturated heterocycles. The molecule has 0 spiro atoms. The van der Waals surface area contributed by atoms with Gasteiger partial charge in [0.15, 0.2) is 18.2 Å². The van der Waals surface area contributed by atoms with Gasteiger partial charge in [0.25, 0.3) is 5.19 Å². The van der Waals surface area contributed by atoms with Crippen molar-refractivity contribution in [1.29, 1.82) is 0 Å².